The van der Waals surface area contributed by atoms with Gasteiger partial charge in [0.2, 0.25) is 0 Å². The minimum absolute atomic E-state index is 0.429. The van der Waals surface area contributed by atoms with Crippen LogP contribution in [0.25, 0.3) is 11.1 Å². The summed E-state index contributed by atoms with van der Waals surface area (Å²) in [7, 11) is 0. The van der Waals surface area contributed by atoms with Gasteiger partial charge in [-0.2, -0.15) is 13.2 Å². The van der Waals surface area contributed by atoms with Gasteiger partial charge in [0.25, 0.3) is 0 Å². The van der Waals surface area contributed by atoms with Gasteiger partial charge in [-0.25, -0.2) is 0 Å². The van der Waals surface area contributed by atoms with Gasteiger partial charge in [-0.15, -0.1) is 0 Å². The van der Waals surface area contributed by atoms with Crippen LogP contribution in [-0.4, -0.2) is 11.1 Å². The number of hydrogen-bond donors (Lipinski definition) is 2. The number of halogens is 3. The van der Waals surface area contributed by atoms with E-state index in [-0.39, 0.29) is 0 Å². The standard InChI is InChI=1S/C15H12F3NO2/c16-15(17,18)12-7-5-10(6-8-12)9-1-3-11(4-2-9)13(19)14(20)21/h1-8,13H,19H2,(H,20,21)/t13-/m0/s1. The maximum Gasteiger partial charge on any atom is 0.416 e. The molecular formula is C15H12F3NO2. The SMILES string of the molecule is N[C@H](C(=O)O)c1ccc(-c2ccc(C(F)(F)F)cc2)cc1. The van der Waals surface area contributed by atoms with Gasteiger partial charge in [0, 0.05) is 0 Å². The van der Waals surface area contributed by atoms with E-state index in [1.54, 1.807) is 24.3 Å². The van der Waals surface area contributed by atoms with Crippen molar-refractivity contribution in [1.29, 1.82) is 0 Å². The molecule has 2 rings (SSSR count). The third-order valence-corrected chi connectivity index (χ3v) is 3.08. The van der Waals surface area contributed by atoms with Gasteiger partial charge >= 0.3 is 12.1 Å². The minimum atomic E-state index is -4.36. The molecule has 0 saturated carbocycles. The van der Waals surface area contributed by atoms with Crippen molar-refractivity contribution < 1.29 is 23.1 Å². The zero-order chi connectivity index (χ0) is 15.6. The van der Waals surface area contributed by atoms with Crippen molar-refractivity contribution in [3.63, 3.8) is 0 Å². The highest BCUT2D eigenvalue weighted by Gasteiger charge is 2.29. The Morgan fingerprint density at radius 3 is 1.76 bits per heavy atom. The first-order valence-corrected chi connectivity index (χ1v) is 6.05. The lowest BCUT2D eigenvalue weighted by Crippen LogP contribution is -2.20. The molecule has 0 amide bonds. The molecule has 0 spiro atoms. The molecule has 1 atom stereocenters. The lowest BCUT2D eigenvalue weighted by Gasteiger charge is -2.09. The number of aliphatic carboxylic acids is 1. The molecule has 0 aliphatic carbocycles. The van der Waals surface area contributed by atoms with Gasteiger partial charge in [-0.05, 0) is 28.8 Å². The Morgan fingerprint density at radius 2 is 1.38 bits per heavy atom. The summed E-state index contributed by atoms with van der Waals surface area (Å²) in [4.78, 5) is 10.8. The van der Waals surface area contributed by atoms with Crippen molar-refractivity contribution in [1.82, 2.24) is 0 Å². The number of carbonyl (C=O) groups is 1. The number of carboxylic acids is 1. The summed E-state index contributed by atoms with van der Waals surface area (Å²) in [5.74, 6) is -1.14. The van der Waals surface area contributed by atoms with Crippen LogP contribution in [0.2, 0.25) is 0 Å². The predicted octanol–water partition coefficient (Wildman–Crippen LogP) is 3.46. The third kappa shape index (κ3) is 3.41. The Morgan fingerprint density at radius 1 is 0.952 bits per heavy atom. The molecule has 3 N–H and O–H groups in total. The van der Waals surface area contributed by atoms with Crippen molar-refractivity contribution in [2.24, 2.45) is 5.73 Å². The quantitative estimate of drug-likeness (QED) is 0.911. The highest BCUT2D eigenvalue weighted by Crippen LogP contribution is 2.31. The van der Waals surface area contributed by atoms with Crippen LogP contribution in [-0.2, 0) is 11.0 Å². The lowest BCUT2D eigenvalue weighted by molar-refractivity contribution is -0.139. The number of benzene rings is 2. The first kappa shape index (κ1) is 15.1. The van der Waals surface area contributed by atoms with E-state index >= 15 is 0 Å². The molecule has 2 aromatic carbocycles. The Hall–Kier alpha value is -2.34. The van der Waals surface area contributed by atoms with Crippen LogP contribution in [0.3, 0.4) is 0 Å². The molecule has 0 fully saturated rings. The average molecular weight is 295 g/mol. The number of nitrogens with two attached hydrogens (primary N) is 1. The maximum atomic E-state index is 12.5. The summed E-state index contributed by atoms with van der Waals surface area (Å²) in [6, 6.07) is 9.98. The topological polar surface area (TPSA) is 63.3 Å². The smallest absolute Gasteiger partial charge is 0.416 e. The Balaban J connectivity index is 2.25. The zero-order valence-electron chi connectivity index (χ0n) is 10.8. The van der Waals surface area contributed by atoms with E-state index < -0.39 is 23.8 Å². The van der Waals surface area contributed by atoms with Crippen molar-refractivity contribution in [3.05, 3.63) is 59.7 Å². The van der Waals surface area contributed by atoms with Crippen LogP contribution in [0.4, 0.5) is 13.2 Å². The van der Waals surface area contributed by atoms with E-state index in [2.05, 4.69) is 0 Å². The fourth-order valence-electron chi connectivity index (χ4n) is 1.88. The minimum Gasteiger partial charge on any atom is -0.480 e. The molecular weight excluding hydrogens is 283 g/mol. The summed E-state index contributed by atoms with van der Waals surface area (Å²) in [6.45, 7) is 0. The van der Waals surface area contributed by atoms with Crippen LogP contribution >= 0.6 is 0 Å². The summed E-state index contributed by atoms with van der Waals surface area (Å²) < 4.78 is 37.4. The van der Waals surface area contributed by atoms with Gasteiger partial charge < -0.3 is 10.8 Å². The number of carboxylic acid groups (broad SMARTS) is 1. The van der Waals surface area contributed by atoms with Gasteiger partial charge in [0.05, 0.1) is 5.56 Å². The number of rotatable bonds is 3. The van der Waals surface area contributed by atoms with Gasteiger partial charge in [0.15, 0.2) is 0 Å². The van der Waals surface area contributed by atoms with E-state index in [9.17, 15) is 18.0 Å². The first-order valence-electron chi connectivity index (χ1n) is 6.05. The van der Waals surface area contributed by atoms with Crippen LogP contribution in [0.15, 0.2) is 48.5 Å². The molecule has 110 valence electrons. The highest BCUT2D eigenvalue weighted by molar-refractivity contribution is 5.75. The largest absolute Gasteiger partial charge is 0.480 e. The van der Waals surface area contributed by atoms with Crippen LogP contribution < -0.4 is 5.73 Å². The summed E-state index contributed by atoms with van der Waals surface area (Å²) in [6.07, 6.45) is -4.36. The van der Waals surface area contributed by atoms with Crippen molar-refractivity contribution in [3.8, 4) is 11.1 Å². The van der Waals surface area contributed by atoms with Gasteiger partial charge in [-0.1, -0.05) is 36.4 Å². The molecule has 0 aliphatic rings. The first-order chi connectivity index (χ1) is 9.79. The molecule has 0 radical (unpaired) electrons. The Kier molecular flexibility index (Phi) is 3.99. The van der Waals surface area contributed by atoms with Crippen molar-refractivity contribution in [2.45, 2.75) is 12.2 Å². The normalized spacial score (nSPS) is 13.0. The van der Waals surface area contributed by atoms with E-state index in [4.69, 9.17) is 10.8 Å². The molecule has 0 saturated heterocycles. The molecule has 6 heteroatoms. The second kappa shape index (κ2) is 5.57. The average Bonchev–Trinajstić information content (AvgIpc) is 2.46. The second-order valence-electron chi connectivity index (χ2n) is 4.51. The van der Waals surface area contributed by atoms with Gasteiger partial charge in [-0.3, -0.25) is 4.79 Å². The summed E-state index contributed by atoms with van der Waals surface area (Å²) in [5.41, 5.74) is 6.48. The fourth-order valence-corrected chi connectivity index (χ4v) is 1.88. The molecule has 0 aromatic heterocycles. The summed E-state index contributed by atoms with van der Waals surface area (Å²) >= 11 is 0. The summed E-state index contributed by atoms with van der Waals surface area (Å²) in [5, 5.41) is 8.80. The lowest BCUT2D eigenvalue weighted by atomic mass is 10.00. The maximum absolute atomic E-state index is 12.5. The van der Waals surface area contributed by atoms with E-state index in [0.717, 1.165) is 12.1 Å². The third-order valence-electron chi connectivity index (χ3n) is 3.08. The van der Waals surface area contributed by atoms with E-state index in [1.165, 1.54) is 12.1 Å². The number of hydrogen-bond acceptors (Lipinski definition) is 2. The van der Waals surface area contributed by atoms with Gasteiger partial charge in [0.1, 0.15) is 6.04 Å². The molecule has 21 heavy (non-hydrogen) atoms. The molecule has 3 nitrogen and oxygen atoms in total. The van der Waals surface area contributed by atoms with E-state index in [1.807, 2.05) is 0 Å². The molecule has 2 aromatic rings. The monoisotopic (exact) mass is 295 g/mol. The second-order valence-corrected chi connectivity index (χ2v) is 4.51. The molecule has 0 heterocycles. The Bertz CT molecular complexity index is 633. The van der Waals surface area contributed by atoms with Crippen LogP contribution in [0.1, 0.15) is 17.2 Å². The highest BCUT2D eigenvalue weighted by atomic mass is 19.4. The Labute approximate surface area is 118 Å². The van der Waals surface area contributed by atoms with E-state index in [0.29, 0.717) is 16.7 Å². The van der Waals surface area contributed by atoms with Crippen LogP contribution in [0.5, 0.6) is 0 Å². The van der Waals surface area contributed by atoms with Crippen molar-refractivity contribution in [2.75, 3.05) is 0 Å². The molecule has 0 bridgehead atoms. The number of alkyl halides is 3. The van der Waals surface area contributed by atoms with Crippen molar-refractivity contribution >= 4 is 5.97 Å². The fraction of sp³-hybridized carbons (Fsp3) is 0.133. The van der Waals surface area contributed by atoms with Crippen LogP contribution in [0, 0.1) is 0 Å². The molecule has 0 aliphatic heterocycles. The molecule has 0 unspecified atom stereocenters. The predicted molar refractivity (Wildman–Crippen MR) is 71.4 cm³/mol. The zero-order valence-corrected chi connectivity index (χ0v) is 10.8.